The lowest BCUT2D eigenvalue weighted by Gasteiger charge is -2.43. The highest BCUT2D eigenvalue weighted by atomic mass is 16.6. The lowest BCUT2D eigenvalue weighted by molar-refractivity contribution is -0.146. The fourth-order valence-corrected chi connectivity index (χ4v) is 6.07. The number of aliphatic carboxylic acids is 1. The molecular weight excluding hydrogens is 534 g/mol. The first-order chi connectivity index (χ1) is 20.4. The van der Waals surface area contributed by atoms with Gasteiger partial charge < -0.3 is 24.8 Å². The van der Waals surface area contributed by atoms with Crippen molar-refractivity contribution < 1.29 is 29.0 Å². The minimum Gasteiger partial charge on any atom is -0.489 e. The van der Waals surface area contributed by atoms with E-state index in [0.717, 1.165) is 49.2 Å². The van der Waals surface area contributed by atoms with Crippen molar-refractivity contribution >= 4 is 18.0 Å². The first kappa shape index (κ1) is 27.8. The Morgan fingerprint density at radius 3 is 2.33 bits per heavy atom. The average molecular weight is 570 g/mol. The van der Waals surface area contributed by atoms with Gasteiger partial charge in [-0.05, 0) is 72.8 Å². The Labute approximate surface area is 245 Å². The zero-order valence-electron chi connectivity index (χ0n) is 23.4. The largest absolute Gasteiger partial charge is 0.489 e. The first-order valence-corrected chi connectivity index (χ1v) is 14.5. The van der Waals surface area contributed by atoms with E-state index in [1.807, 2.05) is 60.7 Å². The van der Waals surface area contributed by atoms with Gasteiger partial charge in [0.25, 0.3) is 5.91 Å². The maximum atomic E-state index is 13.1. The molecule has 0 unspecified atom stereocenters. The molecule has 218 valence electrons. The van der Waals surface area contributed by atoms with Crippen LogP contribution in [0.25, 0.3) is 0 Å². The molecule has 2 atom stereocenters. The van der Waals surface area contributed by atoms with Crippen LogP contribution in [0, 0.1) is 11.8 Å². The predicted molar refractivity (Wildman–Crippen MR) is 155 cm³/mol. The minimum atomic E-state index is -0.876. The summed E-state index contributed by atoms with van der Waals surface area (Å²) < 4.78 is 12.0. The predicted octanol–water partition coefficient (Wildman–Crippen LogP) is 4.33. The third-order valence-corrected chi connectivity index (χ3v) is 8.54. The van der Waals surface area contributed by atoms with Gasteiger partial charge in [0, 0.05) is 25.2 Å². The Hall–Kier alpha value is -4.37. The Morgan fingerprint density at radius 1 is 0.881 bits per heavy atom. The second kappa shape index (κ2) is 12.2. The monoisotopic (exact) mass is 569 g/mol. The number of hydrogen-bond acceptors (Lipinski definition) is 6. The molecule has 4 heterocycles. The lowest BCUT2D eigenvalue weighted by Crippen LogP contribution is -2.53. The number of rotatable bonds is 9. The molecular formula is C33H35N3O6. The molecule has 0 saturated carbocycles. The summed E-state index contributed by atoms with van der Waals surface area (Å²) in [4.78, 5) is 40.9. The maximum absolute atomic E-state index is 13.1. The summed E-state index contributed by atoms with van der Waals surface area (Å²) in [6, 6.07) is 24.2. The topological polar surface area (TPSA) is 108 Å². The normalized spacial score (nSPS) is 22.1. The van der Waals surface area contributed by atoms with Crippen molar-refractivity contribution in [2.45, 2.75) is 31.6 Å². The minimum absolute atomic E-state index is 0.0825. The summed E-state index contributed by atoms with van der Waals surface area (Å²) in [6.45, 7) is 3.66. The third kappa shape index (κ3) is 6.26. The van der Waals surface area contributed by atoms with Gasteiger partial charge in [0.1, 0.15) is 18.5 Å². The van der Waals surface area contributed by atoms with Crippen molar-refractivity contribution in [2.24, 2.45) is 11.8 Å². The zero-order chi connectivity index (χ0) is 29.1. The molecule has 4 fully saturated rings. The number of nitrogens with zero attached hydrogens (tertiary/aromatic N) is 2. The van der Waals surface area contributed by atoms with Gasteiger partial charge in [0.15, 0.2) is 0 Å². The van der Waals surface area contributed by atoms with Crippen LogP contribution in [0.4, 0.5) is 4.79 Å². The molecule has 4 saturated heterocycles. The van der Waals surface area contributed by atoms with Crippen molar-refractivity contribution in [2.75, 3.05) is 32.7 Å². The number of ether oxygens (including phenoxy) is 2. The van der Waals surface area contributed by atoms with E-state index in [1.165, 1.54) is 0 Å². The average Bonchev–Trinajstić information content (AvgIpc) is 2.99. The van der Waals surface area contributed by atoms with E-state index in [2.05, 4.69) is 10.2 Å². The van der Waals surface area contributed by atoms with Crippen molar-refractivity contribution in [1.82, 2.24) is 15.1 Å². The number of likely N-dealkylation sites (tertiary alicyclic amines) is 1. The lowest BCUT2D eigenvalue weighted by atomic mass is 9.86. The van der Waals surface area contributed by atoms with Crippen molar-refractivity contribution in [3.63, 3.8) is 0 Å². The van der Waals surface area contributed by atoms with Crippen LogP contribution < -0.4 is 10.1 Å². The van der Waals surface area contributed by atoms with E-state index in [1.54, 1.807) is 23.1 Å². The highest BCUT2D eigenvalue weighted by Gasteiger charge is 2.37. The molecule has 0 radical (unpaired) electrons. The number of fused-ring (bicyclic) bond motifs is 3. The molecule has 7 rings (SSSR count). The number of alkyl carbamates (subject to hydrolysis) is 1. The molecule has 9 nitrogen and oxygen atoms in total. The Balaban J connectivity index is 1.12. The number of carboxylic acids is 1. The number of amides is 2. The number of hydrogen-bond donors (Lipinski definition) is 2. The molecule has 2 amide bonds. The molecule has 2 bridgehead atoms. The van der Waals surface area contributed by atoms with E-state index in [9.17, 15) is 14.4 Å². The van der Waals surface area contributed by atoms with E-state index in [-0.39, 0.29) is 31.7 Å². The highest BCUT2D eigenvalue weighted by molar-refractivity contribution is 5.95. The van der Waals surface area contributed by atoms with Gasteiger partial charge in [-0.2, -0.15) is 0 Å². The Bertz CT molecular complexity index is 1430. The van der Waals surface area contributed by atoms with Gasteiger partial charge in [-0.1, -0.05) is 54.6 Å². The second-order valence-electron chi connectivity index (χ2n) is 11.4. The maximum Gasteiger partial charge on any atom is 0.408 e. The molecule has 3 aromatic rings. The van der Waals surface area contributed by atoms with Crippen LogP contribution in [0.15, 0.2) is 78.9 Å². The molecule has 0 aromatic heterocycles. The van der Waals surface area contributed by atoms with E-state index < -0.39 is 24.0 Å². The van der Waals surface area contributed by atoms with Crippen LogP contribution >= 0.6 is 0 Å². The number of piperidine rings is 3. The van der Waals surface area contributed by atoms with Gasteiger partial charge in [-0.25, -0.2) is 4.79 Å². The van der Waals surface area contributed by atoms with Crippen LogP contribution in [0.2, 0.25) is 0 Å². The summed E-state index contributed by atoms with van der Waals surface area (Å²) >= 11 is 0. The highest BCUT2D eigenvalue weighted by Crippen LogP contribution is 2.31. The van der Waals surface area contributed by atoms with Crippen LogP contribution in [-0.4, -0.2) is 71.7 Å². The van der Waals surface area contributed by atoms with Crippen LogP contribution in [0.1, 0.15) is 45.9 Å². The van der Waals surface area contributed by atoms with Gasteiger partial charge in [0.2, 0.25) is 0 Å². The summed E-state index contributed by atoms with van der Waals surface area (Å²) in [7, 11) is 0. The molecule has 0 spiro atoms. The van der Waals surface area contributed by atoms with Crippen LogP contribution in [0.5, 0.6) is 5.75 Å². The smallest absolute Gasteiger partial charge is 0.408 e. The summed E-state index contributed by atoms with van der Waals surface area (Å²) in [5, 5.41) is 12.2. The first-order valence-electron chi connectivity index (χ1n) is 14.5. The van der Waals surface area contributed by atoms with Crippen molar-refractivity contribution in [3.8, 4) is 5.75 Å². The second-order valence-corrected chi connectivity index (χ2v) is 11.4. The van der Waals surface area contributed by atoms with Gasteiger partial charge in [-0.15, -0.1) is 0 Å². The van der Waals surface area contributed by atoms with Crippen LogP contribution in [-0.2, 0) is 16.1 Å². The summed E-state index contributed by atoms with van der Waals surface area (Å²) in [5.41, 5.74) is 3.12. The quantitative estimate of drug-likeness (QED) is 0.395. The van der Waals surface area contributed by atoms with Gasteiger partial charge in [-0.3, -0.25) is 14.5 Å². The van der Waals surface area contributed by atoms with Crippen molar-refractivity contribution in [1.29, 1.82) is 0 Å². The molecule has 4 aliphatic rings. The molecule has 0 aliphatic carbocycles. The zero-order valence-corrected chi connectivity index (χ0v) is 23.4. The Kier molecular flexibility index (Phi) is 8.10. The van der Waals surface area contributed by atoms with Crippen LogP contribution in [0.3, 0.4) is 0 Å². The van der Waals surface area contributed by atoms with E-state index in [0.29, 0.717) is 17.2 Å². The van der Waals surface area contributed by atoms with E-state index >= 15 is 0 Å². The summed E-state index contributed by atoms with van der Waals surface area (Å²) in [6.07, 6.45) is 1.63. The molecule has 4 aliphatic heterocycles. The Morgan fingerprint density at radius 2 is 1.62 bits per heavy atom. The number of benzene rings is 3. The summed E-state index contributed by atoms with van der Waals surface area (Å²) in [5.74, 6) is -0.500. The molecule has 3 aromatic carbocycles. The molecule has 2 N–H and O–H groups in total. The fraction of sp³-hybridized carbons (Fsp3) is 0.364. The number of nitrogens with one attached hydrogen (secondary N) is 1. The van der Waals surface area contributed by atoms with Gasteiger partial charge >= 0.3 is 12.1 Å². The third-order valence-electron chi connectivity index (χ3n) is 8.54. The number of carbonyl (C=O) groups excluding carboxylic acids is 2. The van der Waals surface area contributed by atoms with E-state index in [4.69, 9.17) is 14.6 Å². The fourth-order valence-electron chi connectivity index (χ4n) is 6.07. The van der Waals surface area contributed by atoms with Gasteiger partial charge in [0.05, 0.1) is 12.0 Å². The van der Waals surface area contributed by atoms with Crippen molar-refractivity contribution in [3.05, 3.63) is 101 Å². The number of carbonyl (C=O) groups is 3. The molecule has 9 heteroatoms. The SMILES string of the molecule is O=C(N[C@@H](c1ccccc1)c1cccc(OCc2cccc(C(=O)N3CC(C(=O)O)C3)c2)c1)O[C@H]1CN2CCC1CC2. The standard InChI is InChI=1S/C33H35N3O6/c37-31(36-18-27(19-36)32(38)39)26-10-4-6-22(16-26)21-41-28-11-5-9-25(17-28)30(24-7-2-1-3-8-24)34-33(40)42-29-20-35-14-12-23(29)13-15-35/h1-11,16-17,23,27,29-30H,12-15,18-21H2,(H,34,40)(H,38,39)/t29-,30-/m0/s1. The molecule has 42 heavy (non-hydrogen) atoms. The number of carboxylic acid groups (broad SMARTS) is 1.